The van der Waals surface area contributed by atoms with Gasteiger partial charge in [0, 0.05) is 25.7 Å². The first-order chi connectivity index (χ1) is 9.52. The van der Waals surface area contributed by atoms with Crippen molar-refractivity contribution in [1.82, 2.24) is 10.2 Å². The van der Waals surface area contributed by atoms with Crippen molar-refractivity contribution in [2.24, 2.45) is 0 Å². The smallest absolute Gasteiger partial charge is 0.251 e. The largest absolute Gasteiger partial charge is 0.397 e. The highest BCUT2D eigenvalue weighted by Gasteiger charge is 2.22. The van der Waals surface area contributed by atoms with Crippen molar-refractivity contribution in [3.05, 3.63) is 23.8 Å². The van der Waals surface area contributed by atoms with Gasteiger partial charge in [0.05, 0.1) is 11.4 Å². The van der Waals surface area contributed by atoms with Crippen LogP contribution >= 0.6 is 0 Å². The number of anilines is 2. The molecule has 0 aromatic heterocycles. The molecule has 0 spiro atoms. The number of hydrogen-bond acceptors (Lipinski definition) is 4. The number of benzene rings is 1. The van der Waals surface area contributed by atoms with Crippen LogP contribution in [-0.4, -0.2) is 51.1 Å². The van der Waals surface area contributed by atoms with Crippen LogP contribution < -0.4 is 16.0 Å². The Hall–Kier alpha value is -1.75. The number of rotatable bonds is 3. The molecule has 0 radical (unpaired) electrons. The van der Waals surface area contributed by atoms with Gasteiger partial charge in [0.15, 0.2) is 0 Å². The summed E-state index contributed by atoms with van der Waals surface area (Å²) in [5.41, 5.74) is 8.39. The number of nitrogen functional groups attached to an aromatic ring is 1. The average Bonchev–Trinajstić information content (AvgIpc) is 2.46. The summed E-state index contributed by atoms with van der Waals surface area (Å²) in [7, 11) is 5.86. The molecule has 3 N–H and O–H groups in total. The Balaban J connectivity index is 2.14. The molecule has 1 amide bonds. The van der Waals surface area contributed by atoms with Crippen molar-refractivity contribution in [1.29, 1.82) is 0 Å². The van der Waals surface area contributed by atoms with Crippen LogP contribution in [0.2, 0.25) is 0 Å². The predicted octanol–water partition coefficient (Wildman–Crippen LogP) is 1.16. The van der Waals surface area contributed by atoms with E-state index in [0.29, 0.717) is 17.3 Å². The van der Waals surface area contributed by atoms with Gasteiger partial charge in [-0.25, -0.2) is 0 Å². The topological polar surface area (TPSA) is 61.6 Å². The van der Waals surface area contributed by atoms with Crippen molar-refractivity contribution < 1.29 is 4.79 Å². The maximum atomic E-state index is 11.6. The Kier molecular flexibility index (Phi) is 4.49. The minimum absolute atomic E-state index is 0.106. The Bertz CT molecular complexity index is 481. The second-order valence-corrected chi connectivity index (χ2v) is 5.50. The summed E-state index contributed by atoms with van der Waals surface area (Å²) in [6.07, 6.45) is 2.28. The fourth-order valence-electron chi connectivity index (χ4n) is 2.74. The lowest BCUT2D eigenvalue weighted by atomic mass is 10.0. The highest BCUT2D eigenvalue weighted by Crippen LogP contribution is 2.28. The summed E-state index contributed by atoms with van der Waals surface area (Å²) >= 11 is 0. The number of nitrogens with zero attached hydrogens (tertiary/aromatic N) is 2. The molecular formula is C15H24N4O. The van der Waals surface area contributed by atoms with Crippen LogP contribution in [0.4, 0.5) is 11.4 Å². The van der Waals surface area contributed by atoms with Gasteiger partial charge in [-0.3, -0.25) is 4.79 Å². The minimum atomic E-state index is -0.106. The molecule has 1 aliphatic heterocycles. The van der Waals surface area contributed by atoms with Crippen molar-refractivity contribution in [2.75, 3.05) is 44.9 Å². The number of nitrogens with two attached hydrogens (primary N) is 1. The Morgan fingerprint density at radius 3 is 2.60 bits per heavy atom. The number of carbonyl (C=O) groups excluding carboxylic acids is 1. The molecule has 0 atom stereocenters. The molecule has 5 nitrogen and oxygen atoms in total. The monoisotopic (exact) mass is 276 g/mol. The molecule has 1 aromatic rings. The third-order valence-electron chi connectivity index (χ3n) is 4.13. The Labute approximate surface area is 120 Å². The van der Waals surface area contributed by atoms with Gasteiger partial charge in [0.1, 0.15) is 0 Å². The fourth-order valence-corrected chi connectivity index (χ4v) is 2.74. The number of likely N-dealkylation sites (tertiary alicyclic amines) is 1. The summed E-state index contributed by atoms with van der Waals surface area (Å²) in [6, 6.07) is 6.03. The molecule has 1 fully saturated rings. The van der Waals surface area contributed by atoms with Crippen LogP contribution in [-0.2, 0) is 0 Å². The number of nitrogens with one attached hydrogen (secondary N) is 1. The van der Waals surface area contributed by atoms with Crippen molar-refractivity contribution in [3.8, 4) is 0 Å². The lowest BCUT2D eigenvalue weighted by Crippen LogP contribution is -2.42. The number of hydrogen-bond donors (Lipinski definition) is 2. The molecule has 1 aliphatic rings. The normalized spacial score (nSPS) is 16.9. The second-order valence-electron chi connectivity index (χ2n) is 5.50. The van der Waals surface area contributed by atoms with Crippen molar-refractivity contribution in [2.45, 2.75) is 18.9 Å². The molecule has 110 valence electrons. The first-order valence-electron chi connectivity index (χ1n) is 7.06. The van der Waals surface area contributed by atoms with Gasteiger partial charge in [-0.05, 0) is 51.2 Å². The summed E-state index contributed by atoms with van der Waals surface area (Å²) in [5, 5.41) is 2.61. The van der Waals surface area contributed by atoms with Crippen molar-refractivity contribution >= 4 is 17.3 Å². The summed E-state index contributed by atoms with van der Waals surface area (Å²) in [5.74, 6) is -0.106. The van der Waals surface area contributed by atoms with Gasteiger partial charge in [-0.15, -0.1) is 0 Å². The quantitative estimate of drug-likeness (QED) is 0.813. The van der Waals surface area contributed by atoms with E-state index in [4.69, 9.17) is 5.73 Å². The van der Waals surface area contributed by atoms with Crippen LogP contribution in [0, 0.1) is 0 Å². The summed E-state index contributed by atoms with van der Waals surface area (Å²) in [6.45, 7) is 2.23. The zero-order valence-electron chi connectivity index (χ0n) is 12.5. The molecule has 20 heavy (non-hydrogen) atoms. The van der Waals surface area contributed by atoms with Crippen LogP contribution in [0.15, 0.2) is 18.2 Å². The SMILES string of the molecule is CNC(=O)c1ccc(N(C)C2CCN(C)CC2)c(N)c1. The highest BCUT2D eigenvalue weighted by atomic mass is 16.1. The molecule has 0 aliphatic carbocycles. The van der Waals surface area contributed by atoms with Gasteiger partial charge in [0.25, 0.3) is 5.91 Å². The van der Waals surface area contributed by atoms with Crippen LogP contribution in [0.1, 0.15) is 23.2 Å². The van der Waals surface area contributed by atoms with E-state index in [0.717, 1.165) is 31.6 Å². The molecule has 0 saturated carbocycles. The van der Waals surface area contributed by atoms with Gasteiger partial charge in [-0.2, -0.15) is 0 Å². The molecule has 0 unspecified atom stereocenters. The number of amides is 1. The van der Waals surface area contributed by atoms with Gasteiger partial charge < -0.3 is 20.9 Å². The maximum absolute atomic E-state index is 11.6. The standard InChI is InChI=1S/C15H24N4O/c1-17-15(20)11-4-5-14(13(16)10-11)19(3)12-6-8-18(2)9-7-12/h4-5,10,12H,6-9,16H2,1-3H3,(H,17,20). The second kappa shape index (κ2) is 6.13. The molecule has 1 aromatic carbocycles. The van der Waals surface area contributed by atoms with Crippen LogP contribution in [0.5, 0.6) is 0 Å². The van der Waals surface area contributed by atoms with E-state index in [1.54, 1.807) is 13.1 Å². The van der Waals surface area contributed by atoms with Crippen LogP contribution in [0.3, 0.4) is 0 Å². The first kappa shape index (κ1) is 14.7. The molecule has 0 bridgehead atoms. The van der Waals surface area contributed by atoms with Gasteiger partial charge in [0.2, 0.25) is 0 Å². The van der Waals surface area contributed by atoms with E-state index in [9.17, 15) is 4.79 Å². The summed E-state index contributed by atoms with van der Waals surface area (Å²) in [4.78, 5) is 16.2. The minimum Gasteiger partial charge on any atom is -0.397 e. The predicted molar refractivity (Wildman–Crippen MR) is 83.2 cm³/mol. The zero-order valence-corrected chi connectivity index (χ0v) is 12.5. The third kappa shape index (κ3) is 3.04. The van der Waals surface area contributed by atoms with Gasteiger partial charge in [-0.1, -0.05) is 0 Å². The van der Waals surface area contributed by atoms with Gasteiger partial charge >= 0.3 is 0 Å². The lowest BCUT2D eigenvalue weighted by molar-refractivity contribution is 0.0963. The first-order valence-corrected chi connectivity index (χ1v) is 7.06. The lowest BCUT2D eigenvalue weighted by Gasteiger charge is -2.36. The molecule has 1 heterocycles. The third-order valence-corrected chi connectivity index (χ3v) is 4.13. The Morgan fingerprint density at radius 2 is 2.05 bits per heavy atom. The van der Waals surface area contributed by atoms with E-state index in [1.807, 2.05) is 12.1 Å². The molecule has 2 rings (SSSR count). The van der Waals surface area contributed by atoms with E-state index >= 15 is 0 Å². The highest BCUT2D eigenvalue weighted by molar-refractivity contribution is 5.96. The molecule has 5 heteroatoms. The molecule has 1 saturated heterocycles. The van der Waals surface area contributed by atoms with E-state index < -0.39 is 0 Å². The van der Waals surface area contributed by atoms with E-state index in [-0.39, 0.29) is 5.91 Å². The number of carbonyl (C=O) groups is 1. The van der Waals surface area contributed by atoms with Crippen LogP contribution in [0.25, 0.3) is 0 Å². The number of piperidine rings is 1. The zero-order chi connectivity index (χ0) is 14.7. The summed E-state index contributed by atoms with van der Waals surface area (Å²) < 4.78 is 0. The van der Waals surface area contributed by atoms with E-state index in [1.165, 1.54) is 0 Å². The Morgan fingerprint density at radius 1 is 1.40 bits per heavy atom. The maximum Gasteiger partial charge on any atom is 0.251 e. The fraction of sp³-hybridized carbons (Fsp3) is 0.533. The van der Waals surface area contributed by atoms with Crippen molar-refractivity contribution in [3.63, 3.8) is 0 Å². The average molecular weight is 276 g/mol. The van der Waals surface area contributed by atoms with E-state index in [2.05, 4.69) is 29.2 Å². The molecular weight excluding hydrogens is 252 g/mol.